The summed E-state index contributed by atoms with van der Waals surface area (Å²) < 4.78 is 7.15. The van der Waals surface area contributed by atoms with Crippen LogP contribution in [0.2, 0.25) is 5.02 Å². The lowest BCUT2D eigenvalue weighted by Gasteiger charge is -2.45. The SMILES string of the molecule is CC1CC(N)CCC1(c1cccc(Cl)c1)n1nc(N2CCOCC2)ccc1=O. The summed E-state index contributed by atoms with van der Waals surface area (Å²) in [5, 5.41) is 5.53. The number of benzene rings is 1. The first-order valence-electron chi connectivity index (χ1n) is 9.96. The average molecular weight is 403 g/mol. The van der Waals surface area contributed by atoms with E-state index in [1.807, 2.05) is 24.3 Å². The normalized spacial score (nSPS) is 28.3. The summed E-state index contributed by atoms with van der Waals surface area (Å²) in [6, 6.07) is 11.4. The summed E-state index contributed by atoms with van der Waals surface area (Å²) >= 11 is 6.33. The highest BCUT2D eigenvalue weighted by atomic mass is 35.5. The van der Waals surface area contributed by atoms with Gasteiger partial charge in [0.2, 0.25) is 0 Å². The van der Waals surface area contributed by atoms with E-state index >= 15 is 0 Å². The predicted octanol–water partition coefficient (Wildman–Crippen LogP) is 2.62. The number of nitrogens with zero attached hydrogens (tertiary/aromatic N) is 3. The molecule has 1 aliphatic carbocycles. The second-order valence-electron chi connectivity index (χ2n) is 7.91. The molecule has 0 amide bonds. The number of morpholine rings is 1. The van der Waals surface area contributed by atoms with Gasteiger partial charge in [-0.15, -0.1) is 0 Å². The van der Waals surface area contributed by atoms with Crippen molar-refractivity contribution >= 4 is 17.4 Å². The van der Waals surface area contributed by atoms with Crippen molar-refractivity contribution in [3.63, 3.8) is 0 Å². The van der Waals surface area contributed by atoms with Crippen molar-refractivity contribution in [2.75, 3.05) is 31.2 Å². The van der Waals surface area contributed by atoms with Crippen molar-refractivity contribution < 1.29 is 4.74 Å². The molecule has 1 saturated heterocycles. The molecule has 3 atom stereocenters. The Bertz CT molecular complexity index is 896. The van der Waals surface area contributed by atoms with Crippen molar-refractivity contribution in [3.8, 4) is 0 Å². The van der Waals surface area contributed by atoms with Crippen molar-refractivity contribution in [1.82, 2.24) is 9.78 Å². The maximum atomic E-state index is 13.0. The molecule has 1 aliphatic heterocycles. The van der Waals surface area contributed by atoms with Gasteiger partial charge in [0.1, 0.15) is 5.82 Å². The highest BCUT2D eigenvalue weighted by Gasteiger charge is 2.45. The second kappa shape index (κ2) is 7.85. The standard InChI is InChI=1S/C21H27ClN4O2/c1-15-13-18(23)7-8-21(15,16-3-2-4-17(22)14-16)26-20(27)6-5-19(24-26)25-9-11-28-12-10-25/h2-6,14-15,18H,7-13,23H2,1H3. The van der Waals surface area contributed by atoms with Gasteiger partial charge in [-0.2, -0.15) is 5.10 Å². The Morgan fingerprint density at radius 3 is 2.75 bits per heavy atom. The van der Waals surface area contributed by atoms with Gasteiger partial charge in [0.25, 0.3) is 5.56 Å². The van der Waals surface area contributed by atoms with Gasteiger partial charge in [-0.25, -0.2) is 4.68 Å². The number of ether oxygens (including phenoxy) is 1. The van der Waals surface area contributed by atoms with E-state index in [9.17, 15) is 4.79 Å². The van der Waals surface area contributed by atoms with Crippen LogP contribution in [0.5, 0.6) is 0 Å². The van der Waals surface area contributed by atoms with Gasteiger partial charge >= 0.3 is 0 Å². The molecule has 2 N–H and O–H groups in total. The van der Waals surface area contributed by atoms with E-state index < -0.39 is 5.54 Å². The molecule has 2 aliphatic rings. The molecular formula is C21H27ClN4O2. The fourth-order valence-electron chi connectivity index (χ4n) is 4.69. The quantitative estimate of drug-likeness (QED) is 0.854. The number of halogens is 1. The number of hydrogen-bond donors (Lipinski definition) is 1. The van der Waals surface area contributed by atoms with Crippen LogP contribution < -0.4 is 16.2 Å². The lowest BCUT2D eigenvalue weighted by atomic mass is 9.68. The summed E-state index contributed by atoms with van der Waals surface area (Å²) in [6.07, 6.45) is 2.43. The fraction of sp³-hybridized carbons (Fsp3) is 0.524. The number of rotatable bonds is 3. The zero-order valence-electron chi connectivity index (χ0n) is 16.2. The van der Waals surface area contributed by atoms with Gasteiger partial charge in [0.15, 0.2) is 0 Å². The van der Waals surface area contributed by atoms with Crippen LogP contribution in [0.15, 0.2) is 41.2 Å². The third kappa shape index (κ3) is 3.45. The minimum absolute atomic E-state index is 0.0979. The maximum absolute atomic E-state index is 13.0. The molecule has 28 heavy (non-hydrogen) atoms. The van der Waals surface area contributed by atoms with Crippen LogP contribution >= 0.6 is 11.6 Å². The van der Waals surface area contributed by atoms with E-state index in [1.54, 1.807) is 10.7 Å². The minimum atomic E-state index is -0.555. The molecule has 2 aromatic rings. The third-order valence-corrected chi connectivity index (χ3v) is 6.43. The molecule has 1 aromatic heterocycles. The number of anilines is 1. The largest absolute Gasteiger partial charge is 0.378 e. The molecule has 1 aromatic carbocycles. The van der Waals surface area contributed by atoms with Crippen LogP contribution in [0.25, 0.3) is 0 Å². The van der Waals surface area contributed by atoms with E-state index in [0.29, 0.717) is 18.2 Å². The molecule has 1 saturated carbocycles. The minimum Gasteiger partial charge on any atom is -0.378 e. The molecule has 150 valence electrons. The Kier molecular flexibility index (Phi) is 5.45. The van der Waals surface area contributed by atoms with Crippen molar-refractivity contribution in [1.29, 1.82) is 0 Å². The Morgan fingerprint density at radius 1 is 1.25 bits per heavy atom. The van der Waals surface area contributed by atoms with Gasteiger partial charge in [0.05, 0.1) is 18.8 Å². The van der Waals surface area contributed by atoms with E-state index in [-0.39, 0.29) is 17.5 Å². The summed E-state index contributed by atoms with van der Waals surface area (Å²) in [4.78, 5) is 15.2. The first-order chi connectivity index (χ1) is 13.5. The smallest absolute Gasteiger partial charge is 0.267 e. The Morgan fingerprint density at radius 2 is 2.04 bits per heavy atom. The van der Waals surface area contributed by atoms with Crippen LogP contribution in [0.3, 0.4) is 0 Å². The predicted molar refractivity (Wildman–Crippen MR) is 111 cm³/mol. The lowest BCUT2D eigenvalue weighted by Crippen LogP contribution is -2.53. The molecule has 3 unspecified atom stereocenters. The monoisotopic (exact) mass is 402 g/mol. The molecular weight excluding hydrogens is 376 g/mol. The van der Waals surface area contributed by atoms with Gasteiger partial charge in [0, 0.05) is 30.2 Å². The van der Waals surface area contributed by atoms with Gasteiger partial charge < -0.3 is 15.4 Å². The molecule has 2 heterocycles. The topological polar surface area (TPSA) is 73.4 Å². The number of aromatic nitrogens is 2. The maximum Gasteiger partial charge on any atom is 0.267 e. The van der Waals surface area contributed by atoms with E-state index in [1.165, 1.54) is 0 Å². The highest BCUT2D eigenvalue weighted by molar-refractivity contribution is 6.30. The number of hydrogen-bond acceptors (Lipinski definition) is 5. The van der Waals surface area contributed by atoms with Crippen LogP contribution in [-0.4, -0.2) is 42.1 Å². The Balaban J connectivity index is 1.86. The molecule has 0 spiro atoms. The lowest BCUT2D eigenvalue weighted by molar-refractivity contribution is 0.118. The first kappa shape index (κ1) is 19.4. The van der Waals surface area contributed by atoms with E-state index in [2.05, 4.69) is 17.9 Å². The van der Waals surface area contributed by atoms with Gasteiger partial charge in [-0.05, 0) is 48.9 Å². The summed E-state index contributed by atoms with van der Waals surface area (Å²) in [6.45, 7) is 5.05. The van der Waals surface area contributed by atoms with Gasteiger partial charge in [-0.1, -0.05) is 30.7 Å². The summed E-state index contributed by atoms with van der Waals surface area (Å²) in [7, 11) is 0. The molecule has 2 fully saturated rings. The van der Waals surface area contributed by atoms with E-state index in [0.717, 1.165) is 43.7 Å². The van der Waals surface area contributed by atoms with Crippen molar-refractivity contribution in [3.05, 3.63) is 57.3 Å². The van der Waals surface area contributed by atoms with Crippen LogP contribution in [-0.2, 0) is 10.3 Å². The molecule has 4 rings (SSSR count). The third-order valence-electron chi connectivity index (χ3n) is 6.19. The second-order valence-corrected chi connectivity index (χ2v) is 8.35. The number of nitrogens with two attached hydrogens (primary N) is 1. The van der Waals surface area contributed by atoms with Crippen molar-refractivity contribution in [2.45, 2.75) is 37.8 Å². The molecule has 7 heteroatoms. The molecule has 6 nitrogen and oxygen atoms in total. The first-order valence-corrected chi connectivity index (χ1v) is 10.3. The van der Waals surface area contributed by atoms with Crippen LogP contribution in [0, 0.1) is 5.92 Å². The average Bonchev–Trinajstić information content (AvgIpc) is 2.70. The molecule has 0 bridgehead atoms. The van der Waals surface area contributed by atoms with Crippen molar-refractivity contribution in [2.24, 2.45) is 11.7 Å². The Labute approximate surface area is 170 Å². The van der Waals surface area contributed by atoms with Gasteiger partial charge in [-0.3, -0.25) is 4.79 Å². The van der Waals surface area contributed by atoms with Crippen LogP contribution in [0.1, 0.15) is 31.7 Å². The van der Waals surface area contributed by atoms with Crippen LogP contribution in [0.4, 0.5) is 5.82 Å². The summed E-state index contributed by atoms with van der Waals surface area (Å²) in [5.41, 5.74) is 6.63. The summed E-state index contributed by atoms with van der Waals surface area (Å²) in [5.74, 6) is 0.964. The fourth-order valence-corrected chi connectivity index (χ4v) is 4.88. The Hall–Kier alpha value is -1.89. The highest BCUT2D eigenvalue weighted by Crippen LogP contribution is 2.44. The molecule has 0 radical (unpaired) electrons. The zero-order valence-corrected chi connectivity index (χ0v) is 16.9. The zero-order chi connectivity index (χ0) is 19.7. The van der Waals surface area contributed by atoms with E-state index in [4.69, 9.17) is 27.2 Å².